The van der Waals surface area contributed by atoms with Gasteiger partial charge < -0.3 is 40.4 Å². The van der Waals surface area contributed by atoms with Crippen molar-refractivity contribution in [3.63, 3.8) is 0 Å². The van der Waals surface area contributed by atoms with E-state index in [2.05, 4.69) is 47.6 Å². The van der Waals surface area contributed by atoms with E-state index in [0.717, 1.165) is 90.1 Å². The van der Waals surface area contributed by atoms with E-state index in [4.69, 9.17) is 0 Å². The smallest absolute Gasteiger partial charge is 0.303 e. The van der Waals surface area contributed by atoms with Gasteiger partial charge in [-0.05, 0) is 124 Å². The Morgan fingerprint density at radius 1 is 0.385 bits per heavy atom. The van der Waals surface area contributed by atoms with Crippen LogP contribution in [0.4, 0.5) is 0 Å². The molecule has 12 nitrogen and oxygen atoms in total. The second-order valence-corrected chi connectivity index (χ2v) is 14.4. The molecule has 0 atom stereocenters. The van der Waals surface area contributed by atoms with Gasteiger partial charge in [-0.1, -0.05) is 0 Å². The van der Waals surface area contributed by atoms with Gasteiger partial charge in [0.2, 0.25) is 0 Å². The van der Waals surface area contributed by atoms with Gasteiger partial charge in [-0.25, -0.2) is 0 Å². The van der Waals surface area contributed by atoms with Gasteiger partial charge in [0.1, 0.15) is 0 Å². The minimum atomic E-state index is -0.834. The van der Waals surface area contributed by atoms with Gasteiger partial charge in [-0.15, -0.1) is 0 Å². The number of hydrogen-bond acceptors (Lipinski definition) is 4. The molecule has 4 aromatic rings. The van der Waals surface area contributed by atoms with E-state index in [0.29, 0.717) is 77.0 Å². The third kappa shape index (κ3) is 8.89. The highest BCUT2D eigenvalue weighted by Gasteiger charge is 2.25. The number of nitrogens with one attached hydrogen (secondary N) is 4. The van der Waals surface area contributed by atoms with Crippen LogP contribution in [0, 0.1) is 27.7 Å². The molecule has 0 fully saturated rings. The normalized spacial score (nSPS) is 12.7. The first-order chi connectivity index (χ1) is 24.7. The lowest BCUT2D eigenvalue weighted by atomic mass is 9.95. The molecule has 5 heterocycles. The molecule has 0 spiro atoms. The van der Waals surface area contributed by atoms with Crippen molar-refractivity contribution in [1.82, 2.24) is 19.9 Å². The molecule has 0 radical (unpaired) electrons. The van der Waals surface area contributed by atoms with Gasteiger partial charge in [0, 0.05) is 96.9 Å². The van der Waals surface area contributed by atoms with E-state index >= 15 is 0 Å². The van der Waals surface area contributed by atoms with Crippen molar-refractivity contribution in [2.45, 2.75) is 130 Å². The maximum atomic E-state index is 11.5. The number of hydrogen-bond donors (Lipinski definition) is 8. The Hall–Kier alpha value is -5.00. The summed E-state index contributed by atoms with van der Waals surface area (Å²) in [4.78, 5) is 60.8. The SMILES string of the molecule is Cc1c2[nH]c(c1CCCC(=O)O)Cc1[nH]c(c(CCCC(=O)O)c1C)Cc1[nH]c(c(CCCC(=O)O)c1C)Cc1[nH]c(c(C)c1CCCC(=O)O)C2. The van der Waals surface area contributed by atoms with Crippen LogP contribution >= 0.6 is 0 Å². The highest BCUT2D eigenvalue weighted by atomic mass is 16.4. The van der Waals surface area contributed by atoms with E-state index in [-0.39, 0.29) is 25.7 Å². The Balaban J connectivity index is 1.67. The summed E-state index contributed by atoms with van der Waals surface area (Å²) in [6, 6.07) is 0. The van der Waals surface area contributed by atoms with Crippen molar-refractivity contribution in [3.05, 3.63) is 90.1 Å². The van der Waals surface area contributed by atoms with Crippen LogP contribution in [0.1, 0.15) is 141 Å². The lowest BCUT2D eigenvalue weighted by Gasteiger charge is -2.08. The maximum absolute atomic E-state index is 11.5. The van der Waals surface area contributed by atoms with Crippen molar-refractivity contribution in [3.8, 4) is 0 Å². The predicted molar refractivity (Wildman–Crippen MR) is 196 cm³/mol. The molecule has 1 aliphatic heterocycles. The molecule has 0 aromatic carbocycles. The summed E-state index contributed by atoms with van der Waals surface area (Å²) >= 11 is 0. The van der Waals surface area contributed by atoms with Crippen LogP contribution in [0.5, 0.6) is 0 Å². The van der Waals surface area contributed by atoms with Crippen LogP contribution in [0.3, 0.4) is 0 Å². The summed E-state index contributed by atoms with van der Waals surface area (Å²) < 4.78 is 0. The summed E-state index contributed by atoms with van der Waals surface area (Å²) in [6.45, 7) is 8.33. The van der Waals surface area contributed by atoms with Crippen molar-refractivity contribution in [1.29, 1.82) is 0 Å². The van der Waals surface area contributed by atoms with Crippen LogP contribution in [0.25, 0.3) is 0 Å². The van der Waals surface area contributed by atoms with Gasteiger partial charge in [0.05, 0.1) is 0 Å². The number of aromatic amines is 4. The highest BCUT2D eigenvalue weighted by molar-refractivity contribution is 5.67. The first-order valence-corrected chi connectivity index (χ1v) is 18.4. The fourth-order valence-corrected chi connectivity index (χ4v) is 8.08. The average molecular weight is 717 g/mol. The van der Waals surface area contributed by atoms with Crippen LogP contribution in [0.2, 0.25) is 0 Å². The molecule has 5 rings (SSSR count). The molecule has 0 saturated carbocycles. The van der Waals surface area contributed by atoms with Gasteiger partial charge in [-0.2, -0.15) is 0 Å². The molecular formula is C40H52N4O8. The lowest BCUT2D eigenvalue weighted by Crippen LogP contribution is -2.02. The number of carbonyl (C=O) groups is 4. The van der Waals surface area contributed by atoms with Crippen LogP contribution in [0.15, 0.2) is 0 Å². The minimum absolute atomic E-state index is 0.0636. The number of rotatable bonds is 16. The van der Waals surface area contributed by atoms with E-state index in [9.17, 15) is 39.6 Å². The summed E-state index contributed by atoms with van der Waals surface area (Å²) in [5.74, 6) is -3.32. The molecule has 52 heavy (non-hydrogen) atoms. The minimum Gasteiger partial charge on any atom is -0.481 e. The third-order valence-corrected chi connectivity index (χ3v) is 11.0. The first kappa shape index (κ1) is 38.2. The van der Waals surface area contributed by atoms with E-state index in [1.165, 1.54) is 0 Å². The van der Waals surface area contributed by atoms with Gasteiger partial charge in [0.15, 0.2) is 0 Å². The molecule has 280 valence electrons. The van der Waals surface area contributed by atoms with Crippen LogP contribution < -0.4 is 0 Å². The molecule has 0 unspecified atom stereocenters. The molecule has 12 heteroatoms. The van der Waals surface area contributed by atoms with Crippen LogP contribution in [-0.2, 0) is 70.5 Å². The topological polar surface area (TPSA) is 212 Å². The Morgan fingerprint density at radius 3 is 0.788 bits per heavy atom. The molecular weight excluding hydrogens is 664 g/mol. The zero-order chi connectivity index (χ0) is 37.7. The van der Waals surface area contributed by atoms with E-state index in [1.54, 1.807) is 0 Å². The Bertz CT molecular complexity index is 1970. The molecule has 0 saturated heterocycles. The Labute approximate surface area is 303 Å². The maximum Gasteiger partial charge on any atom is 0.303 e. The standard InChI is InChI=1S/C40H52N4O8/c1-21-25(9-5-13-37(45)46)33-18-31-23(3)26(10-6-14-38(47)48)34(43-31)19-32-24(4)28(12-8-16-40(51)52)36(44-32)20-35-27(11-7-15-39(49)50)22(2)30(42-35)17-29(21)41-33/h41-44H,5-20H2,1-4H3,(H,45,46)(H,47,48)(H,49,50)(H,51,52). The van der Waals surface area contributed by atoms with Crippen LogP contribution in [-0.4, -0.2) is 64.2 Å². The molecule has 1 aliphatic rings. The number of carboxylic acid groups (broad SMARTS) is 4. The fourth-order valence-electron chi connectivity index (χ4n) is 8.08. The fraction of sp³-hybridized carbons (Fsp3) is 0.500. The Morgan fingerprint density at radius 2 is 0.577 bits per heavy atom. The third-order valence-electron chi connectivity index (χ3n) is 11.0. The zero-order valence-corrected chi connectivity index (χ0v) is 30.7. The number of carboxylic acids is 4. The number of aliphatic carboxylic acids is 4. The largest absolute Gasteiger partial charge is 0.481 e. The Kier molecular flexibility index (Phi) is 12.2. The summed E-state index contributed by atoms with van der Waals surface area (Å²) in [7, 11) is 0. The summed E-state index contributed by atoms with van der Waals surface area (Å²) in [5.41, 5.74) is 17.0. The van der Waals surface area contributed by atoms with Gasteiger partial charge in [0.25, 0.3) is 0 Å². The molecule has 8 N–H and O–H groups in total. The first-order valence-electron chi connectivity index (χ1n) is 18.4. The molecule has 4 aromatic heterocycles. The van der Waals surface area contributed by atoms with Crippen molar-refractivity contribution >= 4 is 23.9 Å². The lowest BCUT2D eigenvalue weighted by molar-refractivity contribution is -0.138. The highest BCUT2D eigenvalue weighted by Crippen LogP contribution is 2.33. The zero-order valence-electron chi connectivity index (χ0n) is 30.7. The average Bonchev–Trinajstić information content (AvgIpc) is 3.72. The monoisotopic (exact) mass is 716 g/mol. The quantitative estimate of drug-likeness (QED) is 0.0560. The van der Waals surface area contributed by atoms with Crippen molar-refractivity contribution < 1.29 is 39.6 Å². The van der Waals surface area contributed by atoms with Crippen molar-refractivity contribution in [2.24, 2.45) is 0 Å². The van der Waals surface area contributed by atoms with Gasteiger partial charge in [-0.3, -0.25) is 19.2 Å². The van der Waals surface area contributed by atoms with E-state index < -0.39 is 23.9 Å². The molecule has 8 bridgehead atoms. The summed E-state index contributed by atoms with van der Waals surface area (Å²) in [5, 5.41) is 37.6. The molecule has 0 amide bonds. The number of fused-ring (bicyclic) bond motifs is 8. The number of aromatic nitrogens is 4. The molecule has 0 aliphatic carbocycles. The second kappa shape index (κ2) is 16.6. The predicted octanol–water partition coefficient (Wildman–Crippen LogP) is 6.54. The van der Waals surface area contributed by atoms with Gasteiger partial charge >= 0.3 is 23.9 Å². The van der Waals surface area contributed by atoms with Crippen molar-refractivity contribution in [2.75, 3.05) is 0 Å². The second-order valence-electron chi connectivity index (χ2n) is 14.4. The number of H-pyrrole nitrogens is 4. The van der Waals surface area contributed by atoms with E-state index in [1.807, 2.05) is 0 Å². The summed E-state index contributed by atoms with van der Waals surface area (Å²) in [6.07, 6.45) is 6.97.